The Kier molecular flexibility index (Phi) is 3.75. The monoisotopic (exact) mass is 267 g/mol. The van der Waals surface area contributed by atoms with Crippen LogP contribution in [-0.2, 0) is 5.75 Å². The molecule has 0 amide bonds. The van der Waals surface area contributed by atoms with E-state index in [4.69, 9.17) is 10.3 Å². The van der Waals surface area contributed by atoms with Crippen molar-refractivity contribution in [2.75, 3.05) is 5.43 Å². The maximum absolute atomic E-state index is 10.8. The van der Waals surface area contributed by atoms with E-state index in [9.17, 15) is 10.1 Å². The highest BCUT2D eigenvalue weighted by Crippen LogP contribution is 2.29. The van der Waals surface area contributed by atoms with Gasteiger partial charge in [0.15, 0.2) is 5.03 Å². The summed E-state index contributed by atoms with van der Waals surface area (Å²) in [4.78, 5) is 17.9. The number of nitrogen functional groups attached to an aromatic ring is 1. The minimum Gasteiger partial charge on any atom is -0.468 e. The third kappa shape index (κ3) is 2.76. The van der Waals surface area contributed by atoms with Gasteiger partial charge in [0.1, 0.15) is 12.0 Å². The largest absolute Gasteiger partial charge is 0.468 e. The molecule has 3 N–H and O–H groups in total. The van der Waals surface area contributed by atoms with E-state index < -0.39 is 4.92 Å². The number of nitrogens with one attached hydrogen (secondary N) is 1. The summed E-state index contributed by atoms with van der Waals surface area (Å²) < 4.78 is 5.14. The molecule has 0 aliphatic carbocycles. The van der Waals surface area contributed by atoms with Gasteiger partial charge < -0.3 is 4.42 Å². The SMILES string of the molecule is NNc1ncc([N+](=O)[O-])c(SCc2ccco2)n1. The lowest BCUT2D eigenvalue weighted by Gasteiger charge is -2.02. The van der Waals surface area contributed by atoms with Gasteiger partial charge in [0.2, 0.25) is 5.95 Å². The molecule has 0 saturated carbocycles. The predicted molar refractivity (Wildman–Crippen MR) is 64.8 cm³/mol. The molecule has 2 heterocycles. The molecule has 0 aliphatic heterocycles. The third-order valence-electron chi connectivity index (χ3n) is 1.99. The Morgan fingerprint density at radius 1 is 1.61 bits per heavy atom. The van der Waals surface area contributed by atoms with Gasteiger partial charge >= 0.3 is 5.69 Å². The fourth-order valence-electron chi connectivity index (χ4n) is 1.20. The first-order valence-electron chi connectivity index (χ1n) is 4.84. The summed E-state index contributed by atoms with van der Waals surface area (Å²) in [6.45, 7) is 0. The minimum absolute atomic E-state index is 0.127. The summed E-state index contributed by atoms with van der Waals surface area (Å²) in [6.07, 6.45) is 2.66. The zero-order valence-electron chi connectivity index (χ0n) is 9.07. The van der Waals surface area contributed by atoms with Gasteiger partial charge in [0.05, 0.1) is 16.9 Å². The van der Waals surface area contributed by atoms with Crippen LogP contribution in [0.25, 0.3) is 0 Å². The van der Waals surface area contributed by atoms with Crippen molar-refractivity contribution in [3.05, 3.63) is 40.5 Å². The Morgan fingerprint density at radius 3 is 3.06 bits per heavy atom. The van der Waals surface area contributed by atoms with Crippen LogP contribution >= 0.6 is 11.8 Å². The Balaban J connectivity index is 2.20. The first-order valence-corrected chi connectivity index (χ1v) is 5.82. The van der Waals surface area contributed by atoms with E-state index in [1.54, 1.807) is 12.1 Å². The van der Waals surface area contributed by atoms with Crippen LogP contribution in [0.15, 0.2) is 34.0 Å². The molecule has 2 aromatic heterocycles. The number of nitrogens with two attached hydrogens (primary N) is 1. The number of hydrogen-bond donors (Lipinski definition) is 2. The Labute approximate surface area is 106 Å². The number of nitrogens with zero attached hydrogens (tertiary/aromatic N) is 3. The molecule has 94 valence electrons. The standard InChI is InChI=1S/C9H9N5O3S/c10-13-9-11-4-7(14(15)16)8(12-9)18-5-6-2-1-3-17-6/h1-4H,5,10H2,(H,11,12,13). The van der Waals surface area contributed by atoms with Crippen molar-refractivity contribution in [3.63, 3.8) is 0 Å². The van der Waals surface area contributed by atoms with Gasteiger partial charge in [0.25, 0.3) is 0 Å². The quantitative estimate of drug-likeness (QED) is 0.275. The molecule has 9 heteroatoms. The van der Waals surface area contributed by atoms with Crippen molar-refractivity contribution in [3.8, 4) is 0 Å². The number of hydrogen-bond acceptors (Lipinski definition) is 8. The summed E-state index contributed by atoms with van der Waals surface area (Å²) in [5, 5.41) is 11.1. The van der Waals surface area contributed by atoms with Crippen LogP contribution in [0.3, 0.4) is 0 Å². The van der Waals surface area contributed by atoms with E-state index in [0.717, 1.165) is 6.20 Å². The number of aromatic nitrogens is 2. The Bertz CT molecular complexity index is 545. The van der Waals surface area contributed by atoms with Gasteiger partial charge in [-0.15, -0.1) is 0 Å². The molecule has 2 rings (SSSR count). The molecule has 0 atom stereocenters. The molecule has 0 radical (unpaired) electrons. The first-order chi connectivity index (χ1) is 8.70. The van der Waals surface area contributed by atoms with Crippen molar-refractivity contribution in [2.45, 2.75) is 10.8 Å². The maximum atomic E-state index is 10.8. The summed E-state index contributed by atoms with van der Waals surface area (Å²) in [6, 6.07) is 3.53. The average molecular weight is 267 g/mol. The van der Waals surface area contributed by atoms with Gasteiger partial charge in [-0.3, -0.25) is 15.5 Å². The zero-order chi connectivity index (χ0) is 13.0. The second kappa shape index (κ2) is 5.47. The Hall–Kier alpha value is -2.13. The molecule has 0 saturated heterocycles. The van der Waals surface area contributed by atoms with Gasteiger partial charge in [0, 0.05) is 0 Å². The molecular weight excluding hydrogens is 258 g/mol. The fraction of sp³-hybridized carbons (Fsp3) is 0.111. The molecule has 0 spiro atoms. The molecule has 8 nitrogen and oxygen atoms in total. The summed E-state index contributed by atoms with van der Waals surface area (Å²) in [5.74, 6) is 6.43. The van der Waals surface area contributed by atoms with E-state index in [-0.39, 0.29) is 16.7 Å². The second-order valence-electron chi connectivity index (χ2n) is 3.15. The highest BCUT2D eigenvalue weighted by molar-refractivity contribution is 7.98. The third-order valence-corrected chi connectivity index (χ3v) is 3.00. The van der Waals surface area contributed by atoms with Crippen LogP contribution in [0.4, 0.5) is 11.6 Å². The average Bonchev–Trinajstić information content (AvgIpc) is 2.88. The first kappa shape index (κ1) is 12.3. The van der Waals surface area contributed by atoms with Crippen molar-refractivity contribution in [1.29, 1.82) is 0 Å². The lowest BCUT2D eigenvalue weighted by atomic mass is 10.5. The number of hydrazine groups is 1. The van der Waals surface area contributed by atoms with E-state index in [1.165, 1.54) is 18.0 Å². The molecule has 0 aromatic carbocycles. The lowest BCUT2D eigenvalue weighted by molar-refractivity contribution is -0.388. The van der Waals surface area contributed by atoms with Crippen LogP contribution in [0.1, 0.15) is 5.76 Å². The van der Waals surface area contributed by atoms with E-state index in [0.29, 0.717) is 11.5 Å². The molecular formula is C9H9N5O3S. The number of anilines is 1. The van der Waals surface area contributed by atoms with Crippen molar-refractivity contribution < 1.29 is 9.34 Å². The van der Waals surface area contributed by atoms with Crippen molar-refractivity contribution in [1.82, 2.24) is 9.97 Å². The lowest BCUT2D eigenvalue weighted by Crippen LogP contribution is -2.11. The van der Waals surface area contributed by atoms with Crippen molar-refractivity contribution in [2.24, 2.45) is 5.84 Å². The number of furan rings is 1. The van der Waals surface area contributed by atoms with Crippen molar-refractivity contribution >= 4 is 23.4 Å². The van der Waals surface area contributed by atoms with E-state index in [1.807, 2.05) is 0 Å². The smallest absolute Gasteiger partial charge is 0.319 e. The zero-order valence-corrected chi connectivity index (χ0v) is 9.88. The Morgan fingerprint density at radius 2 is 2.44 bits per heavy atom. The molecule has 0 fully saturated rings. The molecule has 2 aromatic rings. The number of rotatable bonds is 5. The van der Waals surface area contributed by atoms with Gasteiger partial charge in [-0.1, -0.05) is 11.8 Å². The van der Waals surface area contributed by atoms with Crippen LogP contribution in [0.2, 0.25) is 0 Å². The van der Waals surface area contributed by atoms with Crippen LogP contribution in [0, 0.1) is 10.1 Å². The summed E-state index contributed by atoms with van der Waals surface area (Å²) in [7, 11) is 0. The van der Waals surface area contributed by atoms with Gasteiger partial charge in [-0.2, -0.15) is 4.98 Å². The molecule has 0 bridgehead atoms. The second-order valence-corrected chi connectivity index (χ2v) is 4.12. The van der Waals surface area contributed by atoms with Gasteiger partial charge in [-0.25, -0.2) is 10.8 Å². The normalized spacial score (nSPS) is 10.3. The minimum atomic E-state index is -0.537. The predicted octanol–water partition coefficient (Wildman–Crippen LogP) is 1.56. The van der Waals surface area contributed by atoms with Crippen LogP contribution < -0.4 is 11.3 Å². The van der Waals surface area contributed by atoms with Crippen LogP contribution in [-0.4, -0.2) is 14.9 Å². The highest BCUT2D eigenvalue weighted by Gasteiger charge is 2.18. The topological polar surface area (TPSA) is 120 Å². The fourth-order valence-corrected chi connectivity index (χ4v) is 2.06. The van der Waals surface area contributed by atoms with Gasteiger partial charge in [-0.05, 0) is 12.1 Å². The molecule has 0 unspecified atom stereocenters. The van der Waals surface area contributed by atoms with Crippen LogP contribution in [0.5, 0.6) is 0 Å². The van der Waals surface area contributed by atoms with E-state index >= 15 is 0 Å². The summed E-state index contributed by atoms with van der Waals surface area (Å²) >= 11 is 1.18. The maximum Gasteiger partial charge on any atom is 0.319 e. The summed E-state index contributed by atoms with van der Waals surface area (Å²) in [5.41, 5.74) is 2.08. The number of thioether (sulfide) groups is 1. The van der Waals surface area contributed by atoms with E-state index in [2.05, 4.69) is 15.4 Å². The molecule has 0 aliphatic rings. The molecule has 18 heavy (non-hydrogen) atoms. The number of nitro groups is 1. The highest BCUT2D eigenvalue weighted by atomic mass is 32.2.